The van der Waals surface area contributed by atoms with Gasteiger partial charge in [0.05, 0.1) is 23.0 Å². The Morgan fingerprint density at radius 2 is 1.90 bits per heavy atom. The van der Waals surface area contributed by atoms with E-state index in [9.17, 15) is 4.79 Å². The molecule has 0 radical (unpaired) electrons. The van der Waals surface area contributed by atoms with Gasteiger partial charge in [-0.3, -0.25) is 4.98 Å². The van der Waals surface area contributed by atoms with Gasteiger partial charge in [-0.25, -0.2) is 4.79 Å². The minimum atomic E-state index is -0.320. The Morgan fingerprint density at radius 1 is 1.06 bits per heavy atom. The van der Waals surface area contributed by atoms with E-state index in [4.69, 9.17) is 10.00 Å². The smallest absolute Gasteiger partial charge is 0.368 e. The van der Waals surface area contributed by atoms with E-state index in [-0.39, 0.29) is 12.3 Å². The highest BCUT2D eigenvalue weighted by Gasteiger charge is 2.14. The van der Waals surface area contributed by atoms with Crippen LogP contribution in [0.25, 0.3) is 16.9 Å². The molecule has 4 rings (SSSR count). The van der Waals surface area contributed by atoms with Gasteiger partial charge in [0.15, 0.2) is 0 Å². The number of rotatable bonds is 5. The van der Waals surface area contributed by atoms with E-state index in [1.807, 2.05) is 50.2 Å². The van der Waals surface area contributed by atoms with Gasteiger partial charge < -0.3 is 4.74 Å². The topological polar surface area (TPSA) is 98.6 Å². The second-order valence-corrected chi connectivity index (χ2v) is 7.18. The first-order chi connectivity index (χ1) is 15.0. The number of nitriles is 1. The molecule has 0 aliphatic heterocycles. The third-order valence-corrected chi connectivity index (χ3v) is 5.07. The van der Waals surface area contributed by atoms with Crippen LogP contribution >= 0.6 is 0 Å². The van der Waals surface area contributed by atoms with Crippen LogP contribution in [0.3, 0.4) is 0 Å². The lowest BCUT2D eigenvalue weighted by Crippen LogP contribution is -2.23. The van der Waals surface area contributed by atoms with E-state index in [1.54, 1.807) is 25.4 Å². The summed E-state index contributed by atoms with van der Waals surface area (Å²) in [6.07, 6.45) is 1.63. The number of ether oxygens (including phenoxy) is 1. The van der Waals surface area contributed by atoms with Crippen LogP contribution in [0.2, 0.25) is 0 Å². The molecule has 0 aliphatic rings. The molecule has 2 heterocycles. The van der Waals surface area contributed by atoms with Crippen molar-refractivity contribution in [3.8, 4) is 28.8 Å². The highest BCUT2D eigenvalue weighted by atomic mass is 16.5. The predicted octanol–water partition coefficient (Wildman–Crippen LogP) is 3.10. The number of aryl methyl sites for hydroxylation is 3. The van der Waals surface area contributed by atoms with Gasteiger partial charge >= 0.3 is 5.69 Å². The van der Waals surface area contributed by atoms with Crippen molar-refractivity contribution in [3.63, 3.8) is 0 Å². The summed E-state index contributed by atoms with van der Waals surface area (Å²) >= 11 is 0. The normalized spacial score (nSPS) is 10.6. The van der Waals surface area contributed by atoms with E-state index in [1.165, 1.54) is 9.36 Å². The van der Waals surface area contributed by atoms with E-state index < -0.39 is 0 Å². The lowest BCUT2D eigenvalue weighted by Gasteiger charge is -2.15. The number of hydrogen-bond donors (Lipinski definition) is 0. The number of aromatic nitrogens is 5. The van der Waals surface area contributed by atoms with Crippen molar-refractivity contribution in [2.45, 2.75) is 20.5 Å². The van der Waals surface area contributed by atoms with Gasteiger partial charge in [-0.15, -0.1) is 0 Å². The summed E-state index contributed by atoms with van der Waals surface area (Å²) in [5.74, 6) is 0.723. The Hall–Kier alpha value is -4.25. The first-order valence-electron chi connectivity index (χ1n) is 9.66. The van der Waals surface area contributed by atoms with Crippen LogP contribution in [0.15, 0.2) is 59.5 Å². The average Bonchev–Trinajstić information content (AvgIpc) is 3.11. The van der Waals surface area contributed by atoms with Crippen LogP contribution in [-0.2, 0) is 13.7 Å². The Labute approximate surface area is 179 Å². The first kappa shape index (κ1) is 20.0. The molecule has 4 aromatic rings. The fourth-order valence-electron chi connectivity index (χ4n) is 3.32. The van der Waals surface area contributed by atoms with Crippen molar-refractivity contribution in [3.05, 3.63) is 87.5 Å². The number of nitrogens with zero attached hydrogens (tertiary/aromatic N) is 6. The van der Waals surface area contributed by atoms with Gasteiger partial charge in [0.2, 0.25) is 0 Å². The molecule has 0 N–H and O–H groups in total. The van der Waals surface area contributed by atoms with E-state index in [0.29, 0.717) is 11.3 Å². The zero-order valence-electron chi connectivity index (χ0n) is 17.4. The largest absolute Gasteiger partial charge is 0.489 e. The number of pyridine rings is 1. The zero-order valence-corrected chi connectivity index (χ0v) is 17.4. The van der Waals surface area contributed by atoms with Crippen molar-refractivity contribution in [1.29, 1.82) is 5.26 Å². The van der Waals surface area contributed by atoms with Crippen molar-refractivity contribution in [1.82, 2.24) is 24.8 Å². The molecule has 0 saturated heterocycles. The Balaban J connectivity index is 1.61. The van der Waals surface area contributed by atoms with Gasteiger partial charge in [0.1, 0.15) is 12.4 Å². The lowest BCUT2D eigenvalue weighted by molar-refractivity contribution is 0.302. The molecule has 0 atom stereocenters. The van der Waals surface area contributed by atoms with E-state index >= 15 is 0 Å². The molecule has 0 spiro atoms. The van der Waals surface area contributed by atoms with Gasteiger partial charge in [0.25, 0.3) is 0 Å². The maximum Gasteiger partial charge on any atom is 0.368 e. The standard InChI is InChI=1S/C23H20N6O2/c1-15-5-4-6-21(29-23(30)28(3)26-27-29)19(15)14-31-22-8-7-18(11-16(22)2)20-12-17(13-24)9-10-25-20/h4-12H,14H2,1-3H3. The molecule has 0 saturated carbocycles. The van der Waals surface area contributed by atoms with Crippen LogP contribution in [0.4, 0.5) is 0 Å². The highest BCUT2D eigenvalue weighted by molar-refractivity contribution is 5.63. The maximum atomic E-state index is 12.3. The molecule has 8 heteroatoms. The summed E-state index contributed by atoms with van der Waals surface area (Å²) in [6, 6.07) is 17.0. The molecule has 2 aromatic carbocycles. The number of tetrazole rings is 1. The quantitative estimate of drug-likeness (QED) is 0.499. The van der Waals surface area contributed by atoms with E-state index in [0.717, 1.165) is 33.7 Å². The zero-order chi connectivity index (χ0) is 22.0. The Bertz CT molecular complexity index is 1360. The predicted molar refractivity (Wildman–Crippen MR) is 115 cm³/mol. The summed E-state index contributed by atoms with van der Waals surface area (Å²) < 4.78 is 8.56. The maximum absolute atomic E-state index is 12.3. The van der Waals surface area contributed by atoms with Gasteiger partial charge in [-0.2, -0.15) is 14.6 Å². The van der Waals surface area contributed by atoms with Crippen LogP contribution < -0.4 is 10.4 Å². The molecular weight excluding hydrogens is 392 g/mol. The minimum Gasteiger partial charge on any atom is -0.489 e. The lowest BCUT2D eigenvalue weighted by atomic mass is 10.1. The van der Waals surface area contributed by atoms with Crippen LogP contribution in [0.1, 0.15) is 22.3 Å². The Kier molecular flexibility index (Phi) is 5.33. The monoisotopic (exact) mass is 412 g/mol. The number of hydrogen-bond acceptors (Lipinski definition) is 6. The SMILES string of the molecule is Cc1cc(-c2cc(C#N)ccn2)ccc1OCc1c(C)cccc1-n1nnn(C)c1=O. The molecule has 0 aliphatic carbocycles. The molecule has 31 heavy (non-hydrogen) atoms. The first-order valence-corrected chi connectivity index (χ1v) is 9.66. The molecule has 0 amide bonds. The van der Waals surface area contributed by atoms with Gasteiger partial charge in [-0.1, -0.05) is 12.1 Å². The molecule has 2 aromatic heterocycles. The van der Waals surface area contributed by atoms with Crippen LogP contribution in [0.5, 0.6) is 5.75 Å². The van der Waals surface area contributed by atoms with Gasteiger partial charge in [-0.05, 0) is 71.8 Å². The van der Waals surface area contributed by atoms with Crippen molar-refractivity contribution in [2.24, 2.45) is 7.05 Å². The molecule has 154 valence electrons. The molecule has 8 nitrogen and oxygen atoms in total. The summed E-state index contributed by atoms with van der Waals surface area (Å²) in [7, 11) is 1.56. The highest BCUT2D eigenvalue weighted by Crippen LogP contribution is 2.27. The number of benzene rings is 2. The molecule has 0 bridgehead atoms. The second kappa shape index (κ2) is 8.24. The summed E-state index contributed by atoms with van der Waals surface area (Å²) in [4.78, 5) is 16.7. The second-order valence-electron chi connectivity index (χ2n) is 7.18. The Morgan fingerprint density at radius 3 is 2.61 bits per heavy atom. The van der Waals surface area contributed by atoms with Crippen molar-refractivity contribution >= 4 is 0 Å². The fourth-order valence-corrected chi connectivity index (χ4v) is 3.32. The van der Waals surface area contributed by atoms with E-state index in [2.05, 4.69) is 21.5 Å². The molecular formula is C23H20N6O2. The molecule has 0 unspecified atom stereocenters. The van der Waals surface area contributed by atoms with Gasteiger partial charge in [0, 0.05) is 24.4 Å². The third kappa shape index (κ3) is 3.94. The summed E-state index contributed by atoms with van der Waals surface area (Å²) in [5.41, 5.74) is 5.31. The molecule has 0 fully saturated rings. The van der Waals surface area contributed by atoms with Crippen molar-refractivity contribution < 1.29 is 4.74 Å². The minimum absolute atomic E-state index is 0.271. The summed E-state index contributed by atoms with van der Waals surface area (Å²) in [5, 5.41) is 16.9. The van der Waals surface area contributed by atoms with Crippen LogP contribution in [-0.4, -0.2) is 24.8 Å². The summed E-state index contributed by atoms with van der Waals surface area (Å²) in [6.45, 7) is 4.19. The van der Waals surface area contributed by atoms with Crippen molar-refractivity contribution in [2.75, 3.05) is 0 Å². The fraction of sp³-hybridized carbons (Fsp3) is 0.174. The van der Waals surface area contributed by atoms with Crippen LogP contribution in [0, 0.1) is 25.2 Å². The third-order valence-electron chi connectivity index (χ3n) is 5.07. The average molecular weight is 412 g/mol.